The minimum absolute atomic E-state index is 0.540. The Hall–Kier alpha value is -0.340. The summed E-state index contributed by atoms with van der Waals surface area (Å²) in [5.41, 5.74) is 2.92. The van der Waals surface area contributed by atoms with Crippen molar-refractivity contribution in [3.8, 4) is 0 Å². The van der Waals surface area contributed by atoms with Crippen molar-refractivity contribution in [2.24, 2.45) is 5.92 Å². The highest BCUT2D eigenvalue weighted by atomic mass is 32.1. The maximum atomic E-state index is 3.44. The summed E-state index contributed by atoms with van der Waals surface area (Å²) < 4.78 is 0. The van der Waals surface area contributed by atoms with Gasteiger partial charge in [0.25, 0.3) is 0 Å². The largest absolute Gasteiger partial charge is 0.313 e. The first kappa shape index (κ1) is 12.7. The summed E-state index contributed by atoms with van der Waals surface area (Å²) in [7, 11) is 2.07. The van der Waals surface area contributed by atoms with Gasteiger partial charge >= 0.3 is 0 Å². The molecule has 86 valence electrons. The van der Waals surface area contributed by atoms with E-state index in [0.29, 0.717) is 6.04 Å². The highest BCUT2D eigenvalue weighted by Crippen LogP contribution is 2.28. The maximum absolute atomic E-state index is 3.44. The molecule has 0 saturated carbocycles. The highest BCUT2D eigenvalue weighted by Gasteiger charge is 2.15. The van der Waals surface area contributed by atoms with Crippen LogP contribution in [-0.2, 0) is 0 Å². The normalized spacial score (nSPS) is 15.2. The summed E-state index contributed by atoms with van der Waals surface area (Å²) >= 11 is 1.81. The third-order valence-electron chi connectivity index (χ3n) is 3.04. The monoisotopic (exact) mass is 225 g/mol. The maximum Gasteiger partial charge on any atom is 0.0330 e. The second kappa shape index (κ2) is 6.29. The average molecular weight is 225 g/mol. The topological polar surface area (TPSA) is 12.0 Å². The lowest BCUT2D eigenvalue weighted by Gasteiger charge is -2.20. The zero-order valence-electron chi connectivity index (χ0n) is 10.3. The quantitative estimate of drug-likeness (QED) is 0.767. The predicted molar refractivity (Wildman–Crippen MR) is 69.5 cm³/mol. The SMILES string of the molecule is CCCC(C)CC(NC)c1cscc1C. The van der Waals surface area contributed by atoms with E-state index in [1.165, 1.54) is 30.4 Å². The van der Waals surface area contributed by atoms with E-state index in [4.69, 9.17) is 0 Å². The van der Waals surface area contributed by atoms with E-state index in [0.717, 1.165) is 5.92 Å². The van der Waals surface area contributed by atoms with Crippen LogP contribution in [0.1, 0.15) is 50.3 Å². The lowest BCUT2D eigenvalue weighted by Crippen LogP contribution is -2.19. The summed E-state index contributed by atoms with van der Waals surface area (Å²) in [4.78, 5) is 0. The molecular formula is C13H23NS. The Balaban J connectivity index is 2.60. The fourth-order valence-corrected chi connectivity index (χ4v) is 3.05. The Morgan fingerprint density at radius 3 is 2.60 bits per heavy atom. The van der Waals surface area contributed by atoms with Gasteiger partial charge in [0.1, 0.15) is 0 Å². The standard InChI is InChI=1S/C13H23NS/c1-5-6-10(2)7-13(14-4)12-9-15-8-11(12)3/h8-10,13-14H,5-7H2,1-4H3. The van der Waals surface area contributed by atoms with Crippen LogP contribution in [0.15, 0.2) is 10.8 Å². The van der Waals surface area contributed by atoms with Crippen LogP contribution >= 0.6 is 11.3 Å². The van der Waals surface area contributed by atoms with Crippen molar-refractivity contribution in [2.75, 3.05) is 7.05 Å². The molecule has 2 heteroatoms. The number of rotatable bonds is 6. The molecule has 0 amide bonds. The minimum Gasteiger partial charge on any atom is -0.313 e. The van der Waals surface area contributed by atoms with Gasteiger partial charge in [-0.15, -0.1) is 0 Å². The number of hydrogen-bond donors (Lipinski definition) is 1. The molecule has 0 aliphatic rings. The Kier molecular flexibility index (Phi) is 5.34. The smallest absolute Gasteiger partial charge is 0.0330 e. The summed E-state index contributed by atoms with van der Waals surface area (Å²) in [5, 5.41) is 7.97. The van der Waals surface area contributed by atoms with Crippen LogP contribution in [0.2, 0.25) is 0 Å². The molecule has 0 bridgehead atoms. The Bertz CT molecular complexity index is 280. The third kappa shape index (κ3) is 3.62. The first-order valence-electron chi connectivity index (χ1n) is 5.89. The molecule has 1 heterocycles. The molecule has 1 rings (SSSR count). The molecule has 0 aliphatic carbocycles. The Morgan fingerprint density at radius 2 is 2.13 bits per heavy atom. The van der Waals surface area contributed by atoms with Gasteiger partial charge in [0, 0.05) is 6.04 Å². The first-order chi connectivity index (χ1) is 7.19. The number of hydrogen-bond acceptors (Lipinski definition) is 2. The van der Waals surface area contributed by atoms with Crippen molar-refractivity contribution in [3.05, 3.63) is 21.9 Å². The van der Waals surface area contributed by atoms with Gasteiger partial charge in [0.05, 0.1) is 0 Å². The van der Waals surface area contributed by atoms with Crippen LogP contribution in [0.4, 0.5) is 0 Å². The first-order valence-corrected chi connectivity index (χ1v) is 6.83. The van der Waals surface area contributed by atoms with Crippen molar-refractivity contribution in [1.29, 1.82) is 0 Å². The van der Waals surface area contributed by atoms with Gasteiger partial charge in [-0.2, -0.15) is 11.3 Å². The molecule has 0 radical (unpaired) electrons. The number of aryl methyl sites for hydroxylation is 1. The van der Waals surface area contributed by atoms with Crippen molar-refractivity contribution in [1.82, 2.24) is 5.32 Å². The molecule has 0 fully saturated rings. The van der Waals surface area contributed by atoms with Crippen LogP contribution in [0.5, 0.6) is 0 Å². The van der Waals surface area contributed by atoms with Crippen molar-refractivity contribution in [2.45, 2.75) is 46.1 Å². The lowest BCUT2D eigenvalue weighted by molar-refractivity contribution is 0.406. The van der Waals surface area contributed by atoms with Crippen molar-refractivity contribution in [3.63, 3.8) is 0 Å². The Morgan fingerprint density at radius 1 is 1.40 bits per heavy atom. The van der Waals surface area contributed by atoms with E-state index in [2.05, 4.69) is 43.9 Å². The Labute approximate surface area is 97.9 Å². The molecule has 1 N–H and O–H groups in total. The molecule has 1 aromatic heterocycles. The summed E-state index contributed by atoms with van der Waals surface area (Å²) in [6.07, 6.45) is 3.88. The number of nitrogens with one attached hydrogen (secondary N) is 1. The zero-order valence-corrected chi connectivity index (χ0v) is 11.2. The summed E-state index contributed by atoms with van der Waals surface area (Å²) in [5.74, 6) is 0.812. The molecule has 15 heavy (non-hydrogen) atoms. The third-order valence-corrected chi connectivity index (χ3v) is 3.92. The van der Waals surface area contributed by atoms with Crippen LogP contribution in [-0.4, -0.2) is 7.05 Å². The average Bonchev–Trinajstić information content (AvgIpc) is 2.61. The summed E-state index contributed by atoms with van der Waals surface area (Å²) in [6, 6.07) is 0.540. The van der Waals surface area contributed by atoms with Crippen LogP contribution < -0.4 is 5.32 Å². The fraction of sp³-hybridized carbons (Fsp3) is 0.692. The molecular weight excluding hydrogens is 202 g/mol. The van der Waals surface area contributed by atoms with Crippen molar-refractivity contribution < 1.29 is 0 Å². The van der Waals surface area contributed by atoms with Crippen LogP contribution in [0, 0.1) is 12.8 Å². The van der Waals surface area contributed by atoms with Gasteiger partial charge in [-0.1, -0.05) is 26.7 Å². The molecule has 2 unspecified atom stereocenters. The van der Waals surface area contributed by atoms with E-state index in [1.54, 1.807) is 0 Å². The number of thiophene rings is 1. The fourth-order valence-electron chi connectivity index (χ4n) is 2.14. The van der Waals surface area contributed by atoms with E-state index in [1.807, 2.05) is 11.3 Å². The summed E-state index contributed by atoms with van der Waals surface area (Å²) in [6.45, 7) is 6.83. The second-order valence-corrected chi connectivity index (χ2v) is 5.22. The minimum atomic E-state index is 0.540. The predicted octanol–water partition coefficient (Wildman–Crippen LogP) is 4.14. The van der Waals surface area contributed by atoms with Crippen LogP contribution in [0.25, 0.3) is 0 Å². The lowest BCUT2D eigenvalue weighted by atomic mass is 9.93. The van der Waals surface area contributed by atoms with Gasteiger partial charge in [-0.3, -0.25) is 0 Å². The van der Waals surface area contributed by atoms with E-state index in [-0.39, 0.29) is 0 Å². The second-order valence-electron chi connectivity index (χ2n) is 4.48. The van der Waals surface area contributed by atoms with Gasteiger partial charge in [-0.25, -0.2) is 0 Å². The van der Waals surface area contributed by atoms with E-state index >= 15 is 0 Å². The molecule has 0 spiro atoms. The van der Waals surface area contributed by atoms with Gasteiger partial charge in [0.15, 0.2) is 0 Å². The zero-order chi connectivity index (χ0) is 11.3. The van der Waals surface area contributed by atoms with E-state index < -0.39 is 0 Å². The van der Waals surface area contributed by atoms with Gasteiger partial charge in [0.2, 0.25) is 0 Å². The molecule has 1 nitrogen and oxygen atoms in total. The molecule has 0 aliphatic heterocycles. The molecule has 2 atom stereocenters. The van der Waals surface area contributed by atoms with Gasteiger partial charge in [-0.05, 0) is 48.2 Å². The molecule has 0 aromatic carbocycles. The van der Waals surface area contributed by atoms with Gasteiger partial charge < -0.3 is 5.32 Å². The van der Waals surface area contributed by atoms with Crippen LogP contribution in [0.3, 0.4) is 0 Å². The molecule has 0 saturated heterocycles. The van der Waals surface area contributed by atoms with Crippen molar-refractivity contribution >= 4 is 11.3 Å². The van der Waals surface area contributed by atoms with E-state index in [9.17, 15) is 0 Å². The molecule has 1 aromatic rings. The highest BCUT2D eigenvalue weighted by molar-refractivity contribution is 7.08.